The number of hydrogen-bond acceptors (Lipinski definition) is 4. The molecule has 3 nitrogen and oxygen atoms in total. The van der Waals surface area contributed by atoms with Crippen molar-refractivity contribution in [3.05, 3.63) is 10.6 Å². The SMILES string of the molecule is CCNCc1sc(N2CCC(CC)(CC)CC2)nc1C. The van der Waals surface area contributed by atoms with Gasteiger partial charge in [-0.1, -0.05) is 33.6 Å². The molecule has 0 saturated carbocycles. The number of anilines is 1. The number of thiazole rings is 1. The Morgan fingerprint density at radius 3 is 2.40 bits per heavy atom. The Morgan fingerprint density at radius 1 is 1.20 bits per heavy atom. The summed E-state index contributed by atoms with van der Waals surface area (Å²) in [5, 5.41) is 4.64. The third-order valence-corrected chi connectivity index (χ3v) is 6.23. The molecule has 1 aromatic rings. The highest BCUT2D eigenvalue weighted by atomic mass is 32.1. The molecular weight excluding hydrogens is 266 g/mol. The van der Waals surface area contributed by atoms with E-state index in [9.17, 15) is 0 Å². The standard InChI is InChI=1S/C16H29N3S/c1-5-16(6-2)8-10-19(11-9-16)15-18-13(4)14(20-15)12-17-7-3/h17H,5-12H2,1-4H3. The minimum atomic E-state index is 0.593. The van der Waals surface area contributed by atoms with Gasteiger partial charge in [-0.15, -0.1) is 11.3 Å². The van der Waals surface area contributed by atoms with Crippen molar-refractivity contribution in [3.8, 4) is 0 Å². The molecule has 4 heteroatoms. The van der Waals surface area contributed by atoms with Gasteiger partial charge >= 0.3 is 0 Å². The van der Waals surface area contributed by atoms with Crippen LogP contribution in [0.25, 0.3) is 0 Å². The van der Waals surface area contributed by atoms with Gasteiger partial charge in [-0.2, -0.15) is 0 Å². The predicted octanol–water partition coefficient (Wildman–Crippen LogP) is 3.97. The molecule has 1 N–H and O–H groups in total. The summed E-state index contributed by atoms with van der Waals surface area (Å²) in [6.07, 6.45) is 5.28. The van der Waals surface area contributed by atoms with E-state index in [2.05, 4.69) is 37.9 Å². The first-order valence-electron chi connectivity index (χ1n) is 8.06. The van der Waals surface area contributed by atoms with Gasteiger partial charge in [-0.25, -0.2) is 4.98 Å². The average molecular weight is 295 g/mol. The summed E-state index contributed by atoms with van der Waals surface area (Å²) in [5.74, 6) is 0. The predicted molar refractivity (Wildman–Crippen MR) is 88.7 cm³/mol. The van der Waals surface area contributed by atoms with Crippen LogP contribution in [0.2, 0.25) is 0 Å². The maximum Gasteiger partial charge on any atom is 0.185 e. The van der Waals surface area contributed by atoms with E-state index < -0.39 is 0 Å². The van der Waals surface area contributed by atoms with Crippen molar-refractivity contribution >= 4 is 16.5 Å². The van der Waals surface area contributed by atoms with Crippen LogP contribution in [0.4, 0.5) is 5.13 Å². The number of aromatic nitrogens is 1. The summed E-state index contributed by atoms with van der Waals surface area (Å²) in [4.78, 5) is 8.68. The van der Waals surface area contributed by atoms with Crippen LogP contribution < -0.4 is 10.2 Å². The van der Waals surface area contributed by atoms with Crippen LogP contribution in [-0.2, 0) is 6.54 Å². The van der Waals surface area contributed by atoms with Crippen LogP contribution >= 0.6 is 11.3 Å². The molecule has 0 radical (unpaired) electrons. The lowest BCUT2D eigenvalue weighted by atomic mass is 9.74. The van der Waals surface area contributed by atoms with Crippen molar-refractivity contribution < 1.29 is 0 Å². The Hall–Kier alpha value is -0.610. The number of nitrogens with one attached hydrogen (secondary N) is 1. The molecule has 0 bridgehead atoms. The molecule has 0 aliphatic carbocycles. The zero-order chi connectivity index (χ0) is 14.6. The monoisotopic (exact) mass is 295 g/mol. The zero-order valence-electron chi connectivity index (χ0n) is 13.5. The van der Waals surface area contributed by atoms with Crippen LogP contribution in [0.5, 0.6) is 0 Å². The molecule has 1 fully saturated rings. The molecule has 1 aliphatic heterocycles. The normalized spacial score (nSPS) is 18.5. The molecule has 1 saturated heterocycles. The summed E-state index contributed by atoms with van der Waals surface area (Å²) >= 11 is 1.87. The maximum absolute atomic E-state index is 4.79. The Bertz CT molecular complexity index is 413. The number of aryl methyl sites for hydroxylation is 1. The minimum absolute atomic E-state index is 0.593. The highest BCUT2D eigenvalue weighted by Crippen LogP contribution is 2.40. The lowest BCUT2D eigenvalue weighted by Crippen LogP contribution is -2.39. The molecule has 0 spiro atoms. The van der Waals surface area contributed by atoms with Gasteiger partial charge in [0, 0.05) is 24.5 Å². The van der Waals surface area contributed by atoms with Crippen molar-refractivity contribution in [2.45, 2.75) is 59.9 Å². The van der Waals surface area contributed by atoms with E-state index in [1.165, 1.54) is 54.5 Å². The van der Waals surface area contributed by atoms with Gasteiger partial charge in [-0.3, -0.25) is 0 Å². The Morgan fingerprint density at radius 2 is 1.85 bits per heavy atom. The van der Waals surface area contributed by atoms with Crippen molar-refractivity contribution in [1.29, 1.82) is 0 Å². The lowest BCUT2D eigenvalue weighted by molar-refractivity contribution is 0.199. The Kier molecular flexibility index (Phi) is 5.44. The van der Waals surface area contributed by atoms with Crippen LogP contribution in [0, 0.1) is 12.3 Å². The van der Waals surface area contributed by atoms with Gasteiger partial charge in [0.15, 0.2) is 5.13 Å². The molecule has 2 rings (SSSR count). The highest BCUT2D eigenvalue weighted by molar-refractivity contribution is 7.15. The zero-order valence-corrected chi connectivity index (χ0v) is 14.3. The van der Waals surface area contributed by atoms with E-state index in [0.29, 0.717) is 5.41 Å². The van der Waals surface area contributed by atoms with Gasteiger partial charge in [0.25, 0.3) is 0 Å². The minimum Gasteiger partial charge on any atom is -0.348 e. The Labute approximate surface area is 127 Å². The smallest absolute Gasteiger partial charge is 0.185 e. The summed E-state index contributed by atoms with van der Waals surface area (Å²) in [5.41, 5.74) is 1.80. The summed E-state index contributed by atoms with van der Waals surface area (Å²) < 4.78 is 0. The van der Waals surface area contributed by atoms with Gasteiger partial charge < -0.3 is 10.2 Å². The van der Waals surface area contributed by atoms with Crippen LogP contribution in [0.3, 0.4) is 0 Å². The molecule has 0 amide bonds. The van der Waals surface area contributed by atoms with E-state index in [0.717, 1.165) is 13.1 Å². The molecule has 0 atom stereocenters. The van der Waals surface area contributed by atoms with Gasteiger partial charge in [0.05, 0.1) is 5.69 Å². The Balaban J connectivity index is 2.00. The fourth-order valence-electron chi connectivity index (χ4n) is 3.08. The van der Waals surface area contributed by atoms with Gasteiger partial charge in [0.2, 0.25) is 0 Å². The topological polar surface area (TPSA) is 28.2 Å². The van der Waals surface area contributed by atoms with Crippen molar-refractivity contribution in [2.24, 2.45) is 5.41 Å². The van der Waals surface area contributed by atoms with Crippen molar-refractivity contribution in [1.82, 2.24) is 10.3 Å². The molecule has 1 aromatic heterocycles. The fourth-order valence-corrected chi connectivity index (χ4v) is 4.16. The van der Waals surface area contributed by atoms with Gasteiger partial charge in [0.1, 0.15) is 0 Å². The average Bonchev–Trinajstić information content (AvgIpc) is 2.86. The van der Waals surface area contributed by atoms with E-state index in [-0.39, 0.29) is 0 Å². The molecule has 0 aromatic carbocycles. The number of hydrogen-bond donors (Lipinski definition) is 1. The number of nitrogens with zero attached hydrogens (tertiary/aromatic N) is 2. The molecule has 20 heavy (non-hydrogen) atoms. The first-order chi connectivity index (χ1) is 9.64. The second-order valence-electron chi connectivity index (χ2n) is 5.98. The molecule has 1 aliphatic rings. The quantitative estimate of drug-likeness (QED) is 0.861. The van der Waals surface area contributed by atoms with Gasteiger partial charge in [-0.05, 0) is 31.7 Å². The highest BCUT2D eigenvalue weighted by Gasteiger charge is 2.32. The van der Waals surface area contributed by atoms with E-state index >= 15 is 0 Å². The third-order valence-electron chi connectivity index (χ3n) is 5.01. The third kappa shape index (κ3) is 3.34. The van der Waals surface area contributed by atoms with Crippen LogP contribution in [0.1, 0.15) is 57.0 Å². The number of rotatable bonds is 6. The van der Waals surface area contributed by atoms with Crippen LogP contribution in [0.15, 0.2) is 0 Å². The first kappa shape index (κ1) is 15.8. The largest absolute Gasteiger partial charge is 0.348 e. The molecular formula is C16H29N3S. The maximum atomic E-state index is 4.79. The first-order valence-corrected chi connectivity index (χ1v) is 8.87. The van der Waals surface area contributed by atoms with E-state index in [1.54, 1.807) is 0 Å². The molecule has 0 unspecified atom stereocenters. The molecule has 114 valence electrons. The van der Waals surface area contributed by atoms with E-state index in [4.69, 9.17) is 4.98 Å². The van der Waals surface area contributed by atoms with Crippen molar-refractivity contribution in [3.63, 3.8) is 0 Å². The van der Waals surface area contributed by atoms with Crippen molar-refractivity contribution in [2.75, 3.05) is 24.5 Å². The second-order valence-corrected chi connectivity index (χ2v) is 7.04. The van der Waals surface area contributed by atoms with E-state index in [1.807, 2.05) is 11.3 Å². The summed E-state index contributed by atoms with van der Waals surface area (Å²) in [7, 11) is 0. The summed E-state index contributed by atoms with van der Waals surface area (Å²) in [6, 6.07) is 0. The number of piperidine rings is 1. The fraction of sp³-hybridized carbons (Fsp3) is 0.812. The van der Waals surface area contributed by atoms with Crippen LogP contribution in [-0.4, -0.2) is 24.6 Å². The second kappa shape index (κ2) is 6.90. The lowest BCUT2D eigenvalue weighted by Gasteiger charge is -2.40. The summed E-state index contributed by atoms with van der Waals surface area (Å²) in [6.45, 7) is 13.3. The molecule has 2 heterocycles.